The Hall–Kier alpha value is -4.61. The number of rotatable bonds is 6. The van der Waals surface area contributed by atoms with Crippen LogP contribution >= 0.6 is 0 Å². The van der Waals surface area contributed by atoms with Gasteiger partial charge in [0.2, 0.25) is 0 Å². The van der Waals surface area contributed by atoms with Gasteiger partial charge in [-0.3, -0.25) is 12.1 Å². The molecule has 3 heterocycles. The van der Waals surface area contributed by atoms with Crippen LogP contribution in [0.1, 0.15) is 26.3 Å². The van der Waals surface area contributed by atoms with Gasteiger partial charge in [0.1, 0.15) is 0 Å². The number of anilines is 2. The Morgan fingerprint density at radius 1 is 0.755 bits per heavy atom. The number of hydrogen-bond acceptors (Lipinski definition) is 4. The molecule has 0 fully saturated rings. The van der Waals surface area contributed by atoms with E-state index in [-0.39, 0.29) is 47.5 Å². The summed E-state index contributed by atoms with van der Waals surface area (Å²) in [7, 11) is 0. The second-order valence-corrected chi connectivity index (χ2v) is 11.7. The Morgan fingerprint density at radius 2 is 1.51 bits per heavy atom. The van der Waals surface area contributed by atoms with Gasteiger partial charge in [0.15, 0.2) is 0 Å². The fourth-order valence-electron chi connectivity index (χ4n) is 4.78. The molecule has 0 atom stereocenters. The third-order valence-electron chi connectivity index (χ3n) is 7.30. The molecule has 49 heavy (non-hydrogen) atoms. The summed E-state index contributed by atoms with van der Waals surface area (Å²) >= 11 is 0. The summed E-state index contributed by atoms with van der Waals surface area (Å²) in [5, 5.41) is 0. The van der Waals surface area contributed by atoms with Crippen LogP contribution in [0.15, 0.2) is 128 Å². The van der Waals surface area contributed by atoms with Gasteiger partial charge in [-0.25, -0.2) is 23.2 Å². The van der Waals surface area contributed by atoms with Crippen LogP contribution in [-0.4, -0.2) is 9.55 Å². The van der Waals surface area contributed by atoms with Crippen molar-refractivity contribution >= 4 is 11.4 Å². The second-order valence-electron chi connectivity index (χ2n) is 11.7. The Balaban J connectivity index is 0.000000537. The fraction of sp³-hybridized carbons (Fsp3) is 0.0952. The van der Waals surface area contributed by atoms with Crippen molar-refractivity contribution in [1.82, 2.24) is 9.55 Å². The van der Waals surface area contributed by atoms with Crippen molar-refractivity contribution in [3.05, 3.63) is 177 Å². The molecule has 0 amide bonds. The first-order chi connectivity index (χ1) is 22.9. The third-order valence-corrected chi connectivity index (χ3v) is 7.30. The summed E-state index contributed by atoms with van der Waals surface area (Å²) in [5.41, 5.74) is 6.59. The van der Waals surface area contributed by atoms with Crippen molar-refractivity contribution < 1.29 is 46.9 Å². The van der Waals surface area contributed by atoms with Gasteiger partial charge in [0, 0.05) is 44.9 Å². The van der Waals surface area contributed by atoms with Crippen LogP contribution in [0.25, 0.3) is 22.4 Å². The van der Waals surface area contributed by atoms with E-state index < -0.39 is 0 Å². The molecule has 7 rings (SSSR count). The van der Waals surface area contributed by atoms with Crippen molar-refractivity contribution in [2.75, 3.05) is 9.80 Å². The zero-order valence-electron chi connectivity index (χ0n) is 27.0. The predicted molar refractivity (Wildman–Crippen MR) is 186 cm³/mol. The van der Waals surface area contributed by atoms with Crippen molar-refractivity contribution in [2.24, 2.45) is 0 Å². The number of benzene rings is 4. The molecule has 7 heteroatoms. The van der Waals surface area contributed by atoms with Gasteiger partial charge in [-0.05, 0) is 53.8 Å². The number of hydrogen-bond donors (Lipinski definition) is 0. The molecule has 5 nitrogen and oxygen atoms in total. The minimum atomic E-state index is 0. The first kappa shape index (κ1) is 37.2. The van der Waals surface area contributed by atoms with E-state index in [4.69, 9.17) is 11.2 Å². The average Bonchev–Trinajstić information content (AvgIpc) is 3.83. The summed E-state index contributed by atoms with van der Waals surface area (Å²) in [6, 6.07) is 50.2. The maximum atomic E-state index is 6.57. The molecule has 248 valence electrons. The number of pyridine rings is 1. The molecular formula is C42H31N4OPt2-3. The SMILES string of the molecule is CC(C)(C)c1ccc(N2C=CN(c3[c-]c(Oc4[c-]c(-c5[c-]c(-c6[c-]cccc6)ccn5)[c-]cc4)ccc3)[CH-]2)cc1.[C-]#Cn1cccc1.[Pt+4].[Pt]. The van der Waals surface area contributed by atoms with Crippen molar-refractivity contribution in [3.63, 3.8) is 0 Å². The summed E-state index contributed by atoms with van der Waals surface area (Å²) < 4.78 is 7.70. The molecule has 2 aromatic heterocycles. The summed E-state index contributed by atoms with van der Waals surface area (Å²) in [6.07, 6.45) is 15.9. The van der Waals surface area contributed by atoms with Crippen LogP contribution in [0.2, 0.25) is 0 Å². The van der Waals surface area contributed by atoms with Crippen molar-refractivity contribution in [1.29, 1.82) is 0 Å². The monoisotopic (exact) mass is 997 g/mol. The van der Waals surface area contributed by atoms with Crippen molar-refractivity contribution in [3.8, 4) is 39.9 Å². The van der Waals surface area contributed by atoms with E-state index in [0.29, 0.717) is 22.8 Å². The largest absolute Gasteiger partial charge is 4.00 e. The topological polar surface area (TPSA) is 33.5 Å². The first-order valence-corrected chi connectivity index (χ1v) is 15.1. The first-order valence-electron chi connectivity index (χ1n) is 15.1. The number of nitrogens with zero attached hydrogens (tertiary/aromatic N) is 4. The summed E-state index contributed by atoms with van der Waals surface area (Å²) in [6.45, 7) is 8.70. The van der Waals surface area contributed by atoms with Gasteiger partial charge in [-0.15, -0.1) is 36.6 Å². The molecule has 0 radical (unpaired) electrons. The smallest absolute Gasteiger partial charge is 0.669 e. The summed E-state index contributed by atoms with van der Waals surface area (Å²) in [4.78, 5) is 8.59. The van der Waals surface area contributed by atoms with Crippen LogP contribution in [0.3, 0.4) is 0 Å². The molecule has 1 aliphatic heterocycles. The van der Waals surface area contributed by atoms with E-state index in [1.807, 2.05) is 96.8 Å². The predicted octanol–water partition coefficient (Wildman–Crippen LogP) is 9.30. The van der Waals surface area contributed by atoms with E-state index >= 15 is 0 Å². The van der Waals surface area contributed by atoms with E-state index in [9.17, 15) is 0 Å². The van der Waals surface area contributed by atoms with Gasteiger partial charge < -0.3 is 42.1 Å². The van der Waals surface area contributed by atoms with E-state index in [2.05, 4.69) is 91.3 Å². The second kappa shape index (κ2) is 17.2. The van der Waals surface area contributed by atoms with E-state index in [1.54, 1.807) is 23.2 Å². The zero-order valence-corrected chi connectivity index (χ0v) is 31.6. The molecule has 0 saturated heterocycles. The quantitative estimate of drug-likeness (QED) is 0.123. The summed E-state index contributed by atoms with van der Waals surface area (Å²) in [5.74, 6) is 1.14. The molecular weight excluding hydrogens is 967 g/mol. The number of ether oxygens (including phenoxy) is 1. The molecule has 1 aliphatic rings. The maximum Gasteiger partial charge on any atom is 4.00 e. The standard InChI is InChI=1S/C36H27N3O.C6H4N.2Pt/c1-36(2,3)30-15-17-31(18-16-30)38-21-22-39(26-38)32-12-8-14-34(25-32)40-33-13-7-11-29(23-33)35-24-28(19-20-37-35)27-9-5-4-6-10-27;1-2-7-5-3-4-6-7;;/h4-9,12-22,26H,1-3H3;3-6H;;/q-6;-1;;+4. The van der Waals surface area contributed by atoms with Crippen LogP contribution in [0.5, 0.6) is 11.5 Å². The van der Waals surface area contributed by atoms with E-state index in [1.165, 1.54) is 5.56 Å². The van der Waals surface area contributed by atoms with Crippen molar-refractivity contribution in [2.45, 2.75) is 26.2 Å². The van der Waals surface area contributed by atoms with Gasteiger partial charge in [0.05, 0.1) is 0 Å². The maximum absolute atomic E-state index is 6.57. The Morgan fingerprint density at radius 3 is 2.20 bits per heavy atom. The van der Waals surface area contributed by atoms with Crippen LogP contribution in [-0.2, 0) is 47.5 Å². The molecule has 0 spiro atoms. The Labute approximate surface area is 318 Å². The number of aromatic nitrogens is 2. The Kier molecular flexibility index (Phi) is 13.0. The van der Waals surface area contributed by atoms with Crippen LogP contribution in [0.4, 0.5) is 11.4 Å². The van der Waals surface area contributed by atoms with Gasteiger partial charge >= 0.3 is 21.1 Å². The van der Waals surface area contributed by atoms with Gasteiger partial charge in [-0.2, -0.15) is 48.2 Å². The molecule has 0 N–H and O–H groups in total. The molecule has 0 unspecified atom stereocenters. The molecule has 0 aliphatic carbocycles. The third kappa shape index (κ3) is 9.73. The van der Waals surface area contributed by atoms with Crippen LogP contribution < -0.4 is 14.5 Å². The van der Waals surface area contributed by atoms with Crippen LogP contribution in [0, 0.1) is 49.5 Å². The fourth-order valence-corrected chi connectivity index (χ4v) is 4.78. The van der Waals surface area contributed by atoms with E-state index in [0.717, 1.165) is 22.5 Å². The Bertz CT molecular complexity index is 1990. The van der Waals surface area contributed by atoms with Gasteiger partial charge in [-0.1, -0.05) is 38.7 Å². The zero-order chi connectivity index (χ0) is 32.6. The molecule has 0 bridgehead atoms. The minimum Gasteiger partial charge on any atom is -0.669 e. The average molecular weight is 998 g/mol. The molecule has 6 aromatic rings. The normalized spacial score (nSPS) is 11.8. The molecule has 0 saturated carbocycles. The molecule has 4 aromatic carbocycles. The minimum absolute atomic E-state index is 0. The van der Waals surface area contributed by atoms with Gasteiger partial charge in [0.25, 0.3) is 0 Å².